The summed E-state index contributed by atoms with van der Waals surface area (Å²) in [5.74, 6) is -1.83. The fourth-order valence-corrected chi connectivity index (χ4v) is 1.14. The lowest BCUT2D eigenvalue weighted by atomic mass is 10.1. The molecule has 1 rings (SSSR count). The first kappa shape index (κ1) is 12.1. The molecule has 1 aromatic heterocycles. The summed E-state index contributed by atoms with van der Waals surface area (Å²) < 4.78 is 0. The normalized spacial score (nSPS) is 11.8. The monoisotopic (exact) mass is 223 g/mol. The number of rotatable bonds is 5. The Labute approximate surface area is 92.7 Å². The highest BCUT2D eigenvalue weighted by atomic mass is 16.4. The van der Waals surface area contributed by atoms with E-state index in [9.17, 15) is 9.59 Å². The number of carboxylic acid groups (broad SMARTS) is 1. The molecule has 16 heavy (non-hydrogen) atoms. The molecule has 0 aliphatic heterocycles. The zero-order valence-corrected chi connectivity index (χ0v) is 8.88. The molecule has 1 heterocycles. The fraction of sp³-hybridized carbons (Fsp3) is 0.400. The molecule has 1 unspecified atom stereocenters. The molecule has 1 amide bonds. The van der Waals surface area contributed by atoms with E-state index in [1.807, 2.05) is 0 Å². The van der Waals surface area contributed by atoms with Gasteiger partial charge in [0.15, 0.2) is 0 Å². The number of carboxylic acids is 1. The summed E-state index contributed by atoms with van der Waals surface area (Å²) >= 11 is 0. The summed E-state index contributed by atoms with van der Waals surface area (Å²) in [7, 11) is 0. The van der Waals surface area contributed by atoms with Gasteiger partial charge in [-0.05, 0) is 6.42 Å². The Morgan fingerprint density at radius 2 is 2.06 bits per heavy atom. The molecule has 0 bridgehead atoms. The molecule has 0 saturated carbocycles. The number of carbonyl (C=O) groups excluding carboxylic acids is 1. The van der Waals surface area contributed by atoms with E-state index in [0.29, 0.717) is 12.0 Å². The standard InChI is InChI=1S/C10H13N3O3/c1-2-7(10(15)16)5-13-9(14)8-3-11-6-12-4-8/h3-4,6-7H,2,5H2,1H3,(H,13,14)(H,15,16). The molecular weight excluding hydrogens is 210 g/mol. The lowest BCUT2D eigenvalue weighted by molar-refractivity contribution is -0.141. The number of amides is 1. The number of nitrogens with one attached hydrogen (secondary N) is 1. The second-order valence-electron chi connectivity index (χ2n) is 3.28. The van der Waals surface area contributed by atoms with Crippen molar-refractivity contribution in [3.05, 3.63) is 24.3 Å². The molecule has 0 fully saturated rings. The summed E-state index contributed by atoms with van der Waals surface area (Å²) in [6, 6.07) is 0. The third-order valence-corrected chi connectivity index (χ3v) is 2.17. The zero-order chi connectivity index (χ0) is 12.0. The molecule has 0 radical (unpaired) electrons. The number of carbonyl (C=O) groups is 2. The van der Waals surface area contributed by atoms with Crippen LogP contribution >= 0.6 is 0 Å². The van der Waals surface area contributed by atoms with Crippen LogP contribution in [0.3, 0.4) is 0 Å². The minimum absolute atomic E-state index is 0.111. The number of hydrogen-bond acceptors (Lipinski definition) is 4. The summed E-state index contributed by atoms with van der Waals surface area (Å²) in [6.45, 7) is 1.87. The van der Waals surface area contributed by atoms with Crippen LogP contribution in [0.25, 0.3) is 0 Å². The predicted molar refractivity (Wildman–Crippen MR) is 55.8 cm³/mol. The Kier molecular flexibility index (Phi) is 4.38. The van der Waals surface area contributed by atoms with Crippen molar-refractivity contribution in [2.75, 3.05) is 6.54 Å². The molecule has 6 nitrogen and oxygen atoms in total. The van der Waals surface area contributed by atoms with E-state index in [1.165, 1.54) is 18.7 Å². The highest BCUT2D eigenvalue weighted by molar-refractivity contribution is 5.93. The average molecular weight is 223 g/mol. The molecule has 1 aromatic rings. The second kappa shape index (κ2) is 5.79. The number of aromatic nitrogens is 2. The van der Waals surface area contributed by atoms with Gasteiger partial charge in [-0.3, -0.25) is 9.59 Å². The Morgan fingerprint density at radius 3 is 2.56 bits per heavy atom. The molecule has 1 atom stereocenters. The van der Waals surface area contributed by atoms with Gasteiger partial charge in [-0.15, -0.1) is 0 Å². The van der Waals surface area contributed by atoms with Crippen molar-refractivity contribution in [1.29, 1.82) is 0 Å². The van der Waals surface area contributed by atoms with E-state index in [4.69, 9.17) is 5.11 Å². The predicted octanol–water partition coefficient (Wildman–Crippen LogP) is 0.317. The quantitative estimate of drug-likeness (QED) is 0.749. The summed E-state index contributed by atoms with van der Waals surface area (Å²) in [6.07, 6.45) is 4.55. The van der Waals surface area contributed by atoms with Gasteiger partial charge in [0.05, 0.1) is 11.5 Å². The van der Waals surface area contributed by atoms with Crippen LogP contribution in [0.15, 0.2) is 18.7 Å². The van der Waals surface area contributed by atoms with Crippen LogP contribution < -0.4 is 5.32 Å². The van der Waals surface area contributed by atoms with E-state index in [1.54, 1.807) is 6.92 Å². The van der Waals surface area contributed by atoms with Crippen LogP contribution in [0.4, 0.5) is 0 Å². The van der Waals surface area contributed by atoms with Gasteiger partial charge in [0.1, 0.15) is 6.33 Å². The van der Waals surface area contributed by atoms with Gasteiger partial charge in [-0.2, -0.15) is 0 Å². The van der Waals surface area contributed by atoms with Crippen LogP contribution in [0.5, 0.6) is 0 Å². The Bertz CT molecular complexity index is 367. The van der Waals surface area contributed by atoms with Gasteiger partial charge in [0.2, 0.25) is 0 Å². The Hall–Kier alpha value is -1.98. The maximum absolute atomic E-state index is 11.5. The Balaban J connectivity index is 2.50. The van der Waals surface area contributed by atoms with Crippen molar-refractivity contribution in [2.45, 2.75) is 13.3 Å². The minimum Gasteiger partial charge on any atom is -0.481 e. The van der Waals surface area contributed by atoms with Crippen molar-refractivity contribution in [3.8, 4) is 0 Å². The van der Waals surface area contributed by atoms with E-state index < -0.39 is 11.9 Å². The summed E-state index contributed by atoms with van der Waals surface area (Å²) in [4.78, 5) is 29.6. The first-order valence-electron chi connectivity index (χ1n) is 4.91. The molecule has 6 heteroatoms. The minimum atomic E-state index is -0.910. The average Bonchev–Trinajstić information content (AvgIpc) is 2.30. The molecular formula is C10H13N3O3. The topological polar surface area (TPSA) is 92.2 Å². The van der Waals surface area contributed by atoms with Crippen LogP contribution in [-0.4, -0.2) is 33.5 Å². The molecule has 2 N–H and O–H groups in total. The second-order valence-corrected chi connectivity index (χ2v) is 3.28. The van der Waals surface area contributed by atoms with Crippen molar-refractivity contribution in [1.82, 2.24) is 15.3 Å². The smallest absolute Gasteiger partial charge is 0.308 e. The van der Waals surface area contributed by atoms with E-state index >= 15 is 0 Å². The molecule has 0 saturated heterocycles. The number of aliphatic carboxylic acids is 1. The van der Waals surface area contributed by atoms with E-state index in [0.717, 1.165) is 0 Å². The highest BCUT2D eigenvalue weighted by Crippen LogP contribution is 2.01. The van der Waals surface area contributed by atoms with Gasteiger partial charge in [-0.25, -0.2) is 9.97 Å². The summed E-state index contributed by atoms with van der Waals surface area (Å²) in [5.41, 5.74) is 0.322. The van der Waals surface area contributed by atoms with Gasteiger partial charge in [-0.1, -0.05) is 6.92 Å². The number of nitrogens with zero attached hydrogens (tertiary/aromatic N) is 2. The van der Waals surface area contributed by atoms with E-state index in [2.05, 4.69) is 15.3 Å². The molecule has 0 spiro atoms. The summed E-state index contributed by atoms with van der Waals surface area (Å²) in [5, 5.41) is 11.3. The first-order valence-corrected chi connectivity index (χ1v) is 4.91. The highest BCUT2D eigenvalue weighted by Gasteiger charge is 2.16. The number of hydrogen-bond donors (Lipinski definition) is 2. The van der Waals surface area contributed by atoms with Crippen LogP contribution in [0, 0.1) is 5.92 Å². The van der Waals surface area contributed by atoms with Gasteiger partial charge in [0.25, 0.3) is 5.91 Å². The van der Waals surface area contributed by atoms with E-state index in [-0.39, 0.29) is 12.5 Å². The zero-order valence-electron chi connectivity index (χ0n) is 8.88. The molecule has 86 valence electrons. The first-order chi connectivity index (χ1) is 7.65. The van der Waals surface area contributed by atoms with Crippen molar-refractivity contribution >= 4 is 11.9 Å². The fourth-order valence-electron chi connectivity index (χ4n) is 1.14. The van der Waals surface area contributed by atoms with Crippen molar-refractivity contribution < 1.29 is 14.7 Å². The molecule has 0 aliphatic rings. The Morgan fingerprint density at radius 1 is 1.44 bits per heavy atom. The lowest BCUT2D eigenvalue weighted by Gasteiger charge is -2.10. The largest absolute Gasteiger partial charge is 0.481 e. The molecule has 0 aromatic carbocycles. The van der Waals surface area contributed by atoms with Crippen LogP contribution in [0.2, 0.25) is 0 Å². The van der Waals surface area contributed by atoms with Gasteiger partial charge < -0.3 is 10.4 Å². The SMILES string of the molecule is CCC(CNC(=O)c1cncnc1)C(=O)O. The maximum Gasteiger partial charge on any atom is 0.308 e. The van der Waals surface area contributed by atoms with Crippen LogP contribution in [-0.2, 0) is 4.79 Å². The third-order valence-electron chi connectivity index (χ3n) is 2.17. The molecule has 0 aliphatic carbocycles. The van der Waals surface area contributed by atoms with Crippen molar-refractivity contribution in [2.24, 2.45) is 5.92 Å². The maximum atomic E-state index is 11.5. The third kappa shape index (κ3) is 3.30. The van der Waals surface area contributed by atoms with Gasteiger partial charge in [0, 0.05) is 18.9 Å². The van der Waals surface area contributed by atoms with Gasteiger partial charge >= 0.3 is 5.97 Å². The van der Waals surface area contributed by atoms with Crippen LogP contribution in [0.1, 0.15) is 23.7 Å². The van der Waals surface area contributed by atoms with Crippen molar-refractivity contribution in [3.63, 3.8) is 0 Å². The lowest BCUT2D eigenvalue weighted by Crippen LogP contribution is -2.32.